The highest BCUT2D eigenvalue weighted by atomic mass is 19.1. The van der Waals surface area contributed by atoms with Crippen molar-refractivity contribution in [2.24, 2.45) is 0 Å². The van der Waals surface area contributed by atoms with Gasteiger partial charge in [0.15, 0.2) is 0 Å². The average Bonchev–Trinajstić information content (AvgIpc) is 2.86. The fourth-order valence-electron chi connectivity index (χ4n) is 4.09. The van der Waals surface area contributed by atoms with E-state index >= 15 is 0 Å². The van der Waals surface area contributed by atoms with Crippen LogP contribution in [0.3, 0.4) is 0 Å². The number of hydrogen-bond acceptors (Lipinski definition) is 7. The van der Waals surface area contributed by atoms with Gasteiger partial charge >= 0.3 is 0 Å². The molecular formula is C25H22FN5O2. The van der Waals surface area contributed by atoms with E-state index in [1.165, 1.54) is 12.4 Å². The predicted molar refractivity (Wildman–Crippen MR) is 123 cm³/mol. The monoisotopic (exact) mass is 443 g/mol. The molecule has 1 fully saturated rings. The number of halogens is 1. The molecule has 0 saturated carbocycles. The zero-order valence-corrected chi connectivity index (χ0v) is 18.1. The van der Waals surface area contributed by atoms with Crippen LogP contribution in [0.4, 0.5) is 10.1 Å². The third-order valence-corrected chi connectivity index (χ3v) is 5.87. The van der Waals surface area contributed by atoms with Crippen molar-refractivity contribution in [2.75, 3.05) is 31.2 Å². The highest BCUT2D eigenvalue weighted by Crippen LogP contribution is 2.33. The smallest absolute Gasteiger partial charge is 0.133 e. The Kier molecular flexibility index (Phi) is 5.75. The average molecular weight is 443 g/mol. The van der Waals surface area contributed by atoms with Gasteiger partial charge in [0.05, 0.1) is 41.7 Å². The highest BCUT2D eigenvalue weighted by Gasteiger charge is 2.20. The van der Waals surface area contributed by atoms with Crippen LogP contribution in [0.1, 0.15) is 22.9 Å². The van der Waals surface area contributed by atoms with Crippen LogP contribution < -0.4 is 4.90 Å². The largest absolute Gasteiger partial charge is 0.378 e. The number of hydrogen-bond donors (Lipinski definition) is 0. The molecule has 1 aliphatic rings. The minimum Gasteiger partial charge on any atom is -0.378 e. The minimum atomic E-state index is -0.654. The van der Waals surface area contributed by atoms with Gasteiger partial charge in [0, 0.05) is 29.7 Å². The molecule has 3 heterocycles. The van der Waals surface area contributed by atoms with Crippen LogP contribution in [0.2, 0.25) is 0 Å². The molecule has 8 heteroatoms. The number of aromatic nitrogens is 4. The first-order valence-electron chi connectivity index (χ1n) is 10.8. The maximum Gasteiger partial charge on any atom is 0.133 e. The van der Waals surface area contributed by atoms with E-state index in [1.807, 2.05) is 25.1 Å². The van der Waals surface area contributed by atoms with Crippen LogP contribution in [0, 0.1) is 12.7 Å². The molecular weight excluding hydrogens is 421 g/mol. The van der Waals surface area contributed by atoms with Crippen molar-refractivity contribution in [3.63, 3.8) is 0 Å². The third-order valence-electron chi connectivity index (χ3n) is 5.87. The molecule has 0 N–H and O–H groups in total. The van der Waals surface area contributed by atoms with Gasteiger partial charge in [-0.1, -0.05) is 6.07 Å². The van der Waals surface area contributed by atoms with Gasteiger partial charge in [-0.2, -0.15) is 10.2 Å². The van der Waals surface area contributed by atoms with Crippen LogP contribution in [-0.4, -0.2) is 52.8 Å². The Morgan fingerprint density at radius 1 is 1.03 bits per heavy atom. The summed E-state index contributed by atoms with van der Waals surface area (Å²) in [5.74, 6) is -1.07. The Bertz CT molecular complexity index is 1310. The fourth-order valence-corrected chi connectivity index (χ4v) is 4.09. The van der Waals surface area contributed by atoms with E-state index in [0.29, 0.717) is 35.7 Å². The van der Waals surface area contributed by atoms with Gasteiger partial charge in [0.2, 0.25) is 0 Å². The van der Waals surface area contributed by atoms with Gasteiger partial charge in [-0.25, -0.2) is 14.4 Å². The Hall–Kier alpha value is -3.78. The van der Waals surface area contributed by atoms with Gasteiger partial charge in [-0.05, 0) is 55.0 Å². The lowest BCUT2D eigenvalue weighted by Crippen LogP contribution is -2.36. The molecule has 2 aromatic heterocycles. The number of carbonyl (C=O) groups is 1. The number of anilines is 1. The van der Waals surface area contributed by atoms with E-state index < -0.39 is 11.7 Å². The summed E-state index contributed by atoms with van der Waals surface area (Å²) in [6.07, 6.45) is 2.23. The summed E-state index contributed by atoms with van der Waals surface area (Å²) < 4.78 is 20.4. The lowest BCUT2D eigenvalue weighted by molar-refractivity contribution is -0.108. The quantitative estimate of drug-likeness (QED) is 0.435. The van der Waals surface area contributed by atoms with Crippen molar-refractivity contribution in [3.05, 3.63) is 77.6 Å². The molecule has 1 unspecified atom stereocenters. The molecule has 0 spiro atoms. The predicted octanol–water partition coefficient (Wildman–Crippen LogP) is 3.70. The molecule has 0 bridgehead atoms. The van der Waals surface area contributed by atoms with E-state index in [4.69, 9.17) is 4.74 Å². The highest BCUT2D eigenvalue weighted by molar-refractivity contribution is 5.94. The zero-order valence-electron chi connectivity index (χ0n) is 18.1. The van der Waals surface area contributed by atoms with Crippen molar-refractivity contribution >= 4 is 22.9 Å². The number of morpholine rings is 1. The summed E-state index contributed by atoms with van der Waals surface area (Å²) in [5.41, 5.74) is 4.45. The van der Waals surface area contributed by atoms with Crippen molar-refractivity contribution in [2.45, 2.75) is 12.8 Å². The van der Waals surface area contributed by atoms with Crippen molar-refractivity contribution < 1.29 is 13.9 Å². The van der Waals surface area contributed by atoms with Crippen LogP contribution in [0.25, 0.3) is 22.2 Å². The first kappa shape index (κ1) is 21.1. The Balaban J connectivity index is 1.56. The number of benzene rings is 2. The van der Waals surface area contributed by atoms with Crippen LogP contribution in [-0.2, 0) is 9.53 Å². The fraction of sp³-hybridized carbons (Fsp3) is 0.240. The standard InChI is InChI=1S/C25H22FN5O2/c1-16-2-7-23(30-29-16)21(14-32)17-3-6-22(26)20(12-17)25-19-5-4-18(13-24(19)27-15-28-25)31-8-10-33-11-9-31/h2-7,12-15,21H,8-11H2,1H3. The lowest BCUT2D eigenvalue weighted by Gasteiger charge is -2.29. The van der Waals surface area contributed by atoms with E-state index in [0.717, 1.165) is 41.7 Å². The second-order valence-electron chi connectivity index (χ2n) is 7.98. The number of carbonyl (C=O) groups excluding carboxylic acids is 1. The minimum absolute atomic E-state index is 0.311. The third kappa shape index (κ3) is 4.17. The molecule has 1 saturated heterocycles. The maximum absolute atomic E-state index is 15.0. The number of ether oxygens (including phenoxy) is 1. The second kappa shape index (κ2) is 8.99. The number of aldehydes is 1. The van der Waals surface area contributed by atoms with Crippen molar-refractivity contribution in [1.82, 2.24) is 20.2 Å². The molecule has 33 heavy (non-hydrogen) atoms. The van der Waals surface area contributed by atoms with Gasteiger partial charge in [-0.3, -0.25) is 0 Å². The normalized spacial score (nSPS) is 14.9. The first-order chi connectivity index (χ1) is 16.1. The molecule has 1 aliphatic heterocycles. The number of aryl methyl sites for hydroxylation is 1. The van der Waals surface area contributed by atoms with Gasteiger partial charge < -0.3 is 14.4 Å². The van der Waals surface area contributed by atoms with E-state index in [2.05, 4.69) is 25.1 Å². The number of fused-ring (bicyclic) bond motifs is 1. The lowest BCUT2D eigenvalue weighted by atomic mass is 9.93. The number of nitrogens with zero attached hydrogens (tertiary/aromatic N) is 5. The van der Waals surface area contributed by atoms with Crippen molar-refractivity contribution in [3.8, 4) is 11.3 Å². The van der Waals surface area contributed by atoms with Gasteiger partial charge in [0.1, 0.15) is 18.4 Å². The summed E-state index contributed by atoms with van der Waals surface area (Å²) >= 11 is 0. The summed E-state index contributed by atoms with van der Waals surface area (Å²) in [6, 6.07) is 14.1. The topological polar surface area (TPSA) is 81.1 Å². The van der Waals surface area contributed by atoms with Crippen molar-refractivity contribution in [1.29, 1.82) is 0 Å². The molecule has 5 rings (SSSR count). The summed E-state index contributed by atoms with van der Waals surface area (Å²) in [6.45, 7) is 4.83. The molecule has 0 aliphatic carbocycles. The second-order valence-corrected chi connectivity index (χ2v) is 7.98. The Labute approximate surface area is 190 Å². The SMILES string of the molecule is Cc1ccc(C(C=O)c2ccc(F)c(-c3ncnc4cc(N5CCOCC5)ccc34)c2)nn1. The molecule has 1 atom stereocenters. The molecule has 7 nitrogen and oxygen atoms in total. The maximum atomic E-state index is 15.0. The Morgan fingerprint density at radius 2 is 1.88 bits per heavy atom. The molecule has 166 valence electrons. The number of rotatable bonds is 5. The van der Waals surface area contributed by atoms with Crippen LogP contribution >= 0.6 is 0 Å². The molecule has 2 aromatic carbocycles. The first-order valence-corrected chi connectivity index (χ1v) is 10.8. The van der Waals surface area contributed by atoms with E-state index in [9.17, 15) is 9.18 Å². The van der Waals surface area contributed by atoms with Gasteiger partial charge in [0.25, 0.3) is 0 Å². The summed E-state index contributed by atoms with van der Waals surface area (Å²) in [5, 5.41) is 8.92. The molecule has 0 amide bonds. The van der Waals surface area contributed by atoms with E-state index in [1.54, 1.807) is 24.3 Å². The summed E-state index contributed by atoms with van der Waals surface area (Å²) in [4.78, 5) is 23.0. The zero-order chi connectivity index (χ0) is 22.8. The molecule has 4 aromatic rings. The Morgan fingerprint density at radius 3 is 2.64 bits per heavy atom. The van der Waals surface area contributed by atoms with Crippen LogP contribution in [0.15, 0.2) is 54.9 Å². The van der Waals surface area contributed by atoms with E-state index in [-0.39, 0.29) is 0 Å². The van der Waals surface area contributed by atoms with Gasteiger partial charge in [-0.15, -0.1) is 0 Å². The summed E-state index contributed by atoms with van der Waals surface area (Å²) in [7, 11) is 0. The van der Waals surface area contributed by atoms with Crippen LogP contribution in [0.5, 0.6) is 0 Å². The molecule has 0 radical (unpaired) electrons.